The van der Waals surface area contributed by atoms with E-state index in [4.69, 9.17) is 11.0 Å². The molecule has 0 saturated carbocycles. The second-order valence-corrected chi connectivity index (χ2v) is 8.10. The van der Waals surface area contributed by atoms with E-state index in [1.54, 1.807) is 15.6 Å². The third-order valence-corrected chi connectivity index (χ3v) is 6.03. The number of anilines is 1. The van der Waals surface area contributed by atoms with Gasteiger partial charge in [-0.15, -0.1) is 0 Å². The predicted octanol–water partition coefficient (Wildman–Crippen LogP) is 2.37. The highest BCUT2D eigenvalue weighted by Crippen LogP contribution is 2.31. The summed E-state index contributed by atoms with van der Waals surface area (Å²) in [5.41, 5.74) is 10.0. The zero-order valence-corrected chi connectivity index (χ0v) is 18.1. The fourth-order valence-electron chi connectivity index (χ4n) is 4.21. The van der Waals surface area contributed by atoms with Crippen molar-refractivity contribution in [2.24, 2.45) is 11.7 Å². The normalized spacial score (nSPS) is 18.0. The van der Waals surface area contributed by atoms with Crippen molar-refractivity contribution >= 4 is 23.0 Å². The van der Waals surface area contributed by atoms with Crippen LogP contribution in [0.15, 0.2) is 36.8 Å². The lowest BCUT2D eigenvalue weighted by atomic mass is 10.00. The topological polar surface area (TPSA) is 129 Å². The number of amides is 2. The van der Waals surface area contributed by atoms with Crippen LogP contribution >= 0.6 is 0 Å². The SMILES string of the molecule is CC[C@@H]1CN(C(=O)CC#N)C[C@H]1Nc1c(C(N)=O)cnn2cc(-c3ccc(C)nc3)cc12. The first kappa shape index (κ1) is 21.3. The van der Waals surface area contributed by atoms with Gasteiger partial charge in [-0.3, -0.25) is 14.6 Å². The number of hydrogen-bond acceptors (Lipinski definition) is 6. The van der Waals surface area contributed by atoms with Gasteiger partial charge < -0.3 is 16.0 Å². The maximum Gasteiger partial charge on any atom is 0.252 e. The first-order valence-corrected chi connectivity index (χ1v) is 10.6. The van der Waals surface area contributed by atoms with E-state index in [2.05, 4.69) is 22.3 Å². The molecule has 9 heteroatoms. The fourth-order valence-corrected chi connectivity index (χ4v) is 4.21. The number of hydrogen-bond donors (Lipinski definition) is 2. The van der Waals surface area contributed by atoms with Crippen molar-refractivity contribution in [3.05, 3.63) is 48.0 Å². The average Bonchev–Trinajstić information content (AvgIpc) is 3.39. The minimum absolute atomic E-state index is 0.0775. The average molecular weight is 432 g/mol. The molecule has 0 bridgehead atoms. The summed E-state index contributed by atoms with van der Waals surface area (Å²) in [6.07, 6.45) is 5.86. The molecule has 4 rings (SSSR count). The summed E-state index contributed by atoms with van der Waals surface area (Å²) in [6, 6.07) is 7.72. The van der Waals surface area contributed by atoms with E-state index in [9.17, 15) is 9.59 Å². The Morgan fingerprint density at radius 3 is 2.75 bits per heavy atom. The number of nitrogens with zero attached hydrogens (tertiary/aromatic N) is 5. The number of rotatable bonds is 6. The Morgan fingerprint density at radius 1 is 1.28 bits per heavy atom. The third-order valence-electron chi connectivity index (χ3n) is 6.03. The van der Waals surface area contributed by atoms with Gasteiger partial charge in [-0.1, -0.05) is 13.0 Å². The summed E-state index contributed by atoms with van der Waals surface area (Å²) < 4.78 is 1.71. The van der Waals surface area contributed by atoms with Crippen LogP contribution in [0, 0.1) is 24.2 Å². The Morgan fingerprint density at radius 2 is 2.09 bits per heavy atom. The largest absolute Gasteiger partial charge is 0.378 e. The summed E-state index contributed by atoms with van der Waals surface area (Å²) in [4.78, 5) is 30.5. The molecule has 1 saturated heterocycles. The minimum Gasteiger partial charge on any atom is -0.378 e. The number of aromatic nitrogens is 3. The smallest absolute Gasteiger partial charge is 0.252 e. The van der Waals surface area contributed by atoms with Crippen LogP contribution in [-0.2, 0) is 4.79 Å². The van der Waals surface area contributed by atoms with Gasteiger partial charge >= 0.3 is 0 Å². The molecular weight excluding hydrogens is 406 g/mol. The quantitative estimate of drug-likeness (QED) is 0.616. The molecule has 0 unspecified atom stereocenters. The van der Waals surface area contributed by atoms with Gasteiger partial charge in [0.2, 0.25) is 5.91 Å². The highest BCUT2D eigenvalue weighted by atomic mass is 16.2. The Balaban J connectivity index is 1.72. The number of carbonyl (C=O) groups excluding carboxylic acids is 2. The van der Waals surface area contributed by atoms with Crippen LogP contribution in [-0.4, -0.2) is 50.4 Å². The number of nitriles is 1. The monoisotopic (exact) mass is 431 g/mol. The maximum absolute atomic E-state index is 12.3. The zero-order valence-electron chi connectivity index (χ0n) is 18.1. The summed E-state index contributed by atoms with van der Waals surface area (Å²) in [6.45, 7) is 5.03. The van der Waals surface area contributed by atoms with Gasteiger partial charge in [0.25, 0.3) is 5.91 Å². The molecule has 0 radical (unpaired) electrons. The molecule has 1 aliphatic rings. The van der Waals surface area contributed by atoms with Crippen LogP contribution in [0.5, 0.6) is 0 Å². The van der Waals surface area contributed by atoms with Crippen LogP contribution in [0.4, 0.5) is 5.69 Å². The van der Waals surface area contributed by atoms with Gasteiger partial charge in [0.05, 0.1) is 29.0 Å². The lowest BCUT2D eigenvalue weighted by Crippen LogP contribution is -2.32. The Kier molecular flexibility index (Phi) is 5.77. The van der Waals surface area contributed by atoms with E-state index >= 15 is 0 Å². The highest BCUT2D eigenvalue weighted by Gasteiger charge is 2.35. The Hall–Kier alpha value is -3.93. The van der Waals surface area contributed by atoms with Crippen LogP contribution in [0.2, 0.25) is 0 Å². The van der Waals surface area contributed by atoms with Gasteiger partial charge in [-0.2, -0.15) is 10.4 Å². The van der Waals surface area contributed by atoms with Gasteiger partial charge in [0.15, 0.2) is 0 Å². The van der Waals surface area contributed by atoms with E-state index < -0.39 is 5.91 Å². The minimum atomic E-state index is -0.578. The van der Waals surface area contributed by atoms with E-state index in [1.165, 1.54) is 6.20 Å². The van der Waals surface area contributed by atoms with E-state index in [0.29, 0.717) is 29.9 Å². The molecule has 2 atom stereocenters. The molecule has 0 aliphatic carbocycles. The first-order chi connectivity index (χ1) is 15.4. The summed E-state index contributed by atoms with van der Waals surface area (Å²) in [7, 11) is 0. The second kappa shape index (κ2) is 8.67. The predicted molar refractivity (Wildman–Crippen MR) is 120 cm³/mol. The number of nitrogens with one attached hydrogen (secondary N) is 1. The molecule has 32 heavy (non-hydrogen) atoms. The number of likely N-dealkylation sites (tertiary alicyclic amines) is 1. The molecule has 9 nitrogen and oxygen atoms in total. The number of aryl methyl sites for hydroxylation is 1. The molecule has 1 aliphatic heterocycles. The molecule has 3 aromatic heterocycles. The number of nitrogens with two attached hydrogens (primary N) is 1. The van der Waals surface area contributed by atoms with E-state index in [-0.39, 0.29) is 24.3 Å². The molecular formula is C23H25N7O2. The van der Waals surface area contributed by atoms with Crippen molar-refractivity contribution in [3.8, 4) is 17.2 Å². The second-order valence-electron chi connectivity index (χ2n) is 8.10. The highest BCUT2D eigenvalue weighted by molar-refractivity contribution is 6.02. The van der Waals surface area contributed by atoms with Crippen molar-refractivity contribution < 1.29 is 9.59 Å². The summed E-state index contributed by atoms with van der Waals surface area (Å²) >= 11 is 0. The molecule has 1 fully saturated rings. The molecule has 164 valence electrons. The first-order valence-electron chi connectivity index (χ1n) is 10.6. The van der Waals surface area contributed by atoms with Crippen molar-refractivity contribution in [3.63, 3.8) is 0 Å². The lowest BCUT2D eigenvalue weighted by Gasteiger charge is -2.21. The lowest BCUT2D eigenvalue weighted by molar-refractivity contribution is -0.129. The van der Waals surface area contributed by atoms with E-state index in [0.717, 1.165) is 23.2 Å². The number of fused-ring (bicyclic) bond motifs is 1. The molecule has 0 spiro atoms. The number of pyridine rings is 1. The van der Waals surface area contributed by atoms with Crippen LogP contribution in [0.3, 0.4) is 0 Å². The maximum atomic E-state index is 12.3. The van der Waals surface area contributed by atoms with Crippen LogP contribution in [0.1, 0.15) is 35.8 Å². The number of primary amides is 1. The summed E-state index contributed by atoms with van der Waals surface area (Å²) in [5.74, 6) is -0.574. The summed E-state index contributed by atoms with van der Waals surface area (Å²) in [5, 5.41) is 16.7. The fraction of sp³-hybridized carbons (Fsp3) is 0.348. The zero-order chi connectivity index (χ0) is 22.8. The third kappa shape index (κ3) is 3.99. The van der Waals surface area contributed by atoms with Gasteiger partial charge in [-0.05, 0) is 31.4 Å². The van der Waals surface area contributed by atoms with Crippen molar-refractivity contribution in [1.29, 1.82) is 5.26 Å². The van der Waals surface area contributed by atoms with Gasteiger partial charge in [-0.25, -0.2) is 4.52 Å². The van der Waals surface area contributed by atoms with Crippen LogP contribution < -0.4 is 11.1 Å². The Bertz CT molecular complexity index is 1210. The standard InChI is InChI=1S/C23H25N7O2/c1-3-15-11-29(21(31)6-7-24)13-19(15)28-22-18(23(25)32)10-27-30-12-17(8-20(22)30)16-5-4-14(2)26-9-16/h4-5,8-10,12,15,19,28H,3,6,11,13H2,1-2H3,(H2,25,32)/t15-,19-/m1/s1. The van der Waals surface area contributed by atoms with Crippen molar-refractivity contribution in [2.75, 3.05) is 18.4 Å². The van der Waals surface area contributed by atoms with Crippen LogP contribution in [0.25, 0.3) is 16.6 Å². The van der Waals surface area contributed by atoms with Gasteiger partial charge in [0.1, 0.15) is 6.42 Å². The van der Waals surface area contributed by atoms with E-state index in [1.807, 2.05) is 37.4 Å². The molecule has 3 aromatic rings. The number of carbonyl (C=O) groups is 2. The molecule has 0 aromatic carbocycles. The van der Waals surface area contributed by atoms with Crippen molar-refractivity contribution in [1.82, 2.24) is 19.5 Å². The Labute approximate surface area is 185 Å². The molecule has 3 N–H and O–H groups in total. The van der Waals surface area contributed by atoms with Gasteiger partial charge in [0, 0.05) is 48.3 Å². The molecule has 4 heterocycles. The van der Waals surface area contributed by atoms with Crippen molar-refractivity contribution in [2.45, 2.75) is 32.7 Å². The molecule has 2 amide bonds.